The monoisotopic (exact) mass is 251 g/mol. The average molecular weight is 252 g/mol. The van der Waals surface area contributed by atoms with Crippen LogP contribution in [0.1, 0.15) is 5.56 Å². The van der Waals surface area contributed by atoms with E-state index in [1.807, 2.05) is 0 Å². The Morgan fingerprint density at radius 1 is 1.23 bits per heavy atom. The highest BCUT2D eigenvalue weighted by Crippen LogP contribution is 2.34. The third-order valence-electron chi connectivity index (χ3n) is 1.33. The zero-order valence-electron chi connectivity index (χ0n) is 6.14. The molecule has 1 rings (SSSR count). The van der Waals surface area contributed by atoms with Gasteiger partial charge in [-0.1, -0.05) is 15.9 Å². The van der Waals surface area contributed by atoms with E-state index >= 15 is 0 Å². The number of nitrogens with zero attached hydrogens (tertiary/aromatic N) is 2. The quantitative estimate of drug-likeness (QED) is 0.642. The van der Waals surface area contributed by atoms with Crippen molar-refractivity contribution < 1.29 is 13.2 Å². The second-order valence-electron chi connectivity index (χ2n) is 2.30. The Balaban J connectivity index is 3.26. The van der Waals surface area contributed by atoms with Gasteiger partial charge in [-0.2, -0.15) is 13.2 Å². The molecule has 0 aliphatic rings. The lowest BCUT2D eigenvalue weighted by atomic mass is 10.2. The van der Waals surface area contributed by atoms with Gasteiger partial charge in [0, 0.05) is 16.6 Å². The maximum Gasteiger partial charge on any atom is 0.416 e. The smallest absolute Gasteiger partial charge is 0.166 e. The van der Waals surface area contributed by atoms with Crippen LogP contribution < -0.4 is 0 Å². The van der Waals surface area contributed by atoms with Gasteiger partial charge in [0.25, 0.3) is 0 Å². The second-order valence-corrected chi connectivity index (χ2v) is 3.21. The molecule has 0 N–H and O–H groups in total. The zero-order valence-corrected chi connectivity index (χ0v) is 7.72. The van der Waals surface area contributed by atoms with E-state index in [2.05, 4.69) is 20.9 Å². The number of rotatable bonds is 0. The number of benzene rings is 1. The van der Waals surface area contributed by atoms with Gasteiger partial charge < -0.3 is 0 Å². The van der Waals surface area contributed by atoms with E-state index in [1.54, 1.807) is 0 Å². The Morgan fingerprint density at radius 2 is 1.85 bits per heavy atom. The van der Waals surface area contributed by atoms with Gasteiger partial charge in [0.1, 0.15) is 0 Å². The Hall–Kier alpha value is -1.09. The molecule has 2 nitrogen and oxygen atoms in total. The number of hydrogen-bond acceptors (Lipinski definition) is 1. The van der Waals surface area contributed by atoms with E-state index in [-0.39, 0.29) is 10.2 Å². The molecule has 0 aromatic heterocycles. The summed E-state index contributed by atoms with van der Waals surface area (Å²) >= 11 is 2.88. The van der Waals surface area contributed by atoms with Gasteiger partial charge in [-0.15, -0.1) is 0 Å². The van der Waals surface area contributed by atoms with E-state index in [4.69, 9.17) is 5.39 Å². The second kappa shape index (κ2) is 3.34. The van der Waals surface area contributed by atoms with E-state index < -0.39 is 11.7 Å². The van der Waals surface area contributed by atoms with Crippen LogP contribution in [-0.4, -0.2) is 0 Å². The highest BCUT2D eigenvalue weighted by Gasteiger charge is 2.32. The predicted molar refractivity (Wildman–Crippen MR) is 43.9 cm³/mol. The molecule has 0 amide bonds. The van der Waals surface area contributed by atoms with Crippen molar-refractivity contribution in [2.24, 2.45) is 0 Å². The fraction of sp³-hybridized carbons (Fsp3) is 0.143. The summed E-state index contributed by atoms with van der Waals surface area (Å²) in [6.07, 6.45) is -4.43. The highest BCUT2D eigenvalue weighted by atomic mass is 79.9. The molecule has 0 saturated carbocycles. The average Bonchev–Trinajstić information content (AvgIpc) is 2.01. The number of diazo groups is 1. The molecule has 0 aliphatic heterocycles. The SMILES string of the molecule is N#[N+]c1cc(Br)cc(C(F)(F)F)c1. The number of halogens is 4. The summed E-state index contributed by atoms with van der Waals surface area (Å²) < 4.78 is 36.6. The van der Waals surface area contributed by atoms with Crippen molar-refractivity contribution in [3.05, 3.63) is 33.2 Å². The van der Waals surface area contributed by atoms with Gasteiger partial charge >= 0.3 is 11.9 Å². The first-order valence-electron chi connectivity index (χ1n) is 3.16. The number of hydrogen-bond donors (Lipinski definition) is 0. The molecular weight excluding hydrogens is 249 g/mol. The molecule has 0 radical (unpaired) electrons. The van der Waals surface area contributed by atoms with Crippen molar-refractivity contribution in [1.29, 1.82) is 5.39 Å². The molecule has 0 spiro atoms. The van der Waals surface area contributed by atoms with Crippen LogP contribution in [0.2, 0.25) is 0 Å². The topological polar surface area (TPSA) is 28.1 Å². The van der Waals surface area contributed by atoms with E-state index in [0.717, 1.165) is 12.1 Å². The van der Waals surface area contributed by atoms with Crippen molar-refractivity contribution >= 4 is 21.6 Å². The van der Waals surface area contributed by atoms with Gasteiger partial charge in [-0.25, -0.2) is 0 Å². The maximum absolute atomic E-state index is 12.1. The summed E-state index contributed by atoms with van der Waals surface area (Å²) in [6, 6.07) is 2.94. The summed E-state index contributed by atoms with van der Waals surface area (Å²) in [5.74, 6) is 0. The summed E-state index contributed by atoms with van der Waals surface area (Å²) in [4.78, 5) is 2.68. The normalized spacial score (nSPS) is 11.0. The van der Waals surface area contributed by atoms with Gasteiger partial charge in [0.2, 0.25) is 5.39 Å². The molecule has 0 atom stereocenters. The molecule has 1 aromatic rings. The molecule has 1 aromatic carbocycles. The minimum Gasteiger partial charge on any atom is -0.166 e. The molecule has 0 aliphatic carbocycles. The molecule has 0 saturated heterocycles. The summed E-state index contributed by atoms with van der Waals surface area (Å²) in [7, 11) is 0. The standard InChI is InChI=1S/C7H3BrF3N2/c8-5-1-4(7(9,10)11)2-6(3-5)13-12/h1-3H/q+1. The van der Waals surface area contributed by atoms with Crippen molar-refractivity contribution in [3.8, 4) is 0 Å². The molecule has 13 heavy (non-hydrogen) atoms. The van der Waals surface area contributed by atoms with Crippen molar-refractivity contribution in [2.45, 2.75) is 6.18 Å². The van der Waals surface area contributed by atoms with Gasteiger partial charge in [0.05, 0.1) is 5.56 Å². The van der Waals surface area contributed by atoms with E-state index in [0.29, 0.717) is 0 Å². The Kier molecular flexibility index (Phi) is 2.57. The van der Waals surface area contributed by atoms with Crippen LogP contribution in [-0.2, 0) is 6.18 Å². The Morgan fingerprint density at radius 3 is 2.31 bits per heavy atom. The highest BCUT2D eigenvalue weighted by molar-refractivity contribution is 9.10. The molecule has 0 bridgehead atoms. The van der Waals surface area contributed by atoms with Crippen LogP contribution in [0.15, 0.2) is 22.7 Å². The van der Waals surface area contributed by atoms with Gasteiger partial charge in [0.15, 0.2) is 4.98 Å². The minimum atomic E-state index is -4.43. The lowest BCUT2D eigenvalue weighted by Crippen LogP contribution is -2.04. The van der Waals surface area contributed by atoms with Gasteiger partial charge in [-0.05, 0) is 6.07 Å². The van der Waals surface area contributed by atoms with Crippen LogP contribution in [0.3, 0.4) is 0 Å². The first-order chi connectivity index (χ1) is 5.93. The Bertz CT molecular complexity index is 367. The Labute approximate surface area is 80.1 Å². The minimum absolute atomic E-state index is 0.137. The van der Waals surface area contributed by atoms with Crippen molar-refractivity contribution in [1.82, 2.24) is 0 Å². The summed E-state index contributed by atoms with van der Waals surface area (Å²) in [6.45, 7) is 0. The number of alkyl halides is 3. The lowest BCUT2D eigenvalue weighted by molar-refractivity contribution is -0.137. The molecular formula is C7H3BrF3N2+. The molecule has 6 heteroatoms. The molecule has 68 valence electrons. The molecule has 0 heterocycles. The van der Waals surface area contributed by atoms with Crippen molar-refractivity contribution in [2.75, 3.05) is 0 Å². The third kappa shape index (κ3) is 2.42. The van der Waals surface area contributed by atoms with Crippen LogP contribution in [0.5, 0.6) is 0 Å². The lowest BCUT2D eigenvalue weighted by Gasteiger charge is -2.04. The van der Waals surface area contributed by atoms with Crippen LogP contribution in [0.25, 0.3) is 4.98 Å². The summed E-state index contributed by atoms with van der Waals surface area (Å²) in [5, 5.41) is 8.29. The largest absolute Gasteiger partial charge is 0.416 e. The zero-order chi connectivity index (χ0) is 10.1. The van der Waals surface area contributed by atoms with Crippen LogP contribution >= 0.6 is 15.9 Å². The van der Waals surface area contributed by atoms with Crippen molar-refractivity contribution in [3.63, 3.8) is 0 Å². The van der Waals surface area contributed by atoms with E-state index in [9.17, 15) is 13.2 Å². The third-order valence-corrected chi connectivity index (χ3v) is 1.78. The maximum atomic E-state index is 12.1. The fourth-order valence-corrected chi connectivity index (χ4v) is 1.28. The van der Waals surface area contributed by atoms with Crippen LogP contribution in [0, 0.1) is 5.39 Å². The predicted octanol–water partition coefficient (Wildman–Crippen LogP) is 3.95. The fourth-order valence-electron chi connectivity index (χ4n) is 0.796. The molecule has 0 unspecified atom stereocenters. The van der Waals surface area contributed by atoms with Crippen LogP contribution in [0.4, 0.5) is 18.9 Å². The van der Waals surface area contributed by atoms with Gasteiger partial charge in [-0.3, -0.25) is 0 Å². The first-order valence-corrected chi connectivity index (χ1v) is 3.95. The molecule has 0 fully saturated rings. The van der Waals surface area contributed by atoms with E-state index in [1.165, 1.54) is 6.07 Å². The first kappa shape index (κ1) is 9.99. The summed E-state index contributed by atoms with van der Waals surface area (Å²) in [5.41, 5.74) is -0.989.